The van der Waals surface area contributed by atoms with Crippen LogP contribution >= 0.6 is 0 Å². The highest BCUT2D eigenvalue weighted by Crippen LogP contribution is 2.25. The maximum absolute atomic E-state index is 10.0. The van der Waals surface area contributed by atoms with Gasteiger partial charge in [-0.25, -0.2) is 0 Å². The van der Waals surface area contributed by atoms with Gasteiger partial charge in [0.05, 0.1) is 0 Å². The minimum absolute atomic E-state index is 0.254. The summed E-state index contributed by atoms with van der Waals surface area (Å²) in [4.78, 5) is 8.02. The van der Waals surface area contributed by atoms with Gasteiger partial charge in [0.1, 0.15) is 5.75 Å². The van der Waals surface area contributed by atoms with E-state index in [0.29, 0.717) is 0 Å². The second-order valence-corrected chi connectivity index (χ2v) is 5.48. The van der Waals surface area contributed by atoms with Crippen molar-refractivity contribution in [1.29, 1.82) is 0 Å². The van der Waals surface area contributed by atoms with Crippen molar-refractivity contribution in [2.45, 2.75) is 6.92 Å². The molecular weight excluding hydrogens is 296 g/mol. The van der Waals surface area contributed by atoms with Crippen LogP contribution in [0.4, 0.5) is 0 Å². The Morgan fingerprint density at radius 3 is 1.54 bits per heavy atom. The van der Waals surface area contributed by atoms with Crippen LogP contribution in [-0.4, -0.2) is 15.1 Å². The fraction of sp³-hybridized carbons (Fsp3) is 0.0476. The van der Waals surface area contributed by atoms with Gasteiger partial charge < -0.3 is 5.11 Å². The molecule has 0 amide bonds. The fourth-order valence-corrected chi connectivity index (χ4v) is 2.41. The smallest absolute Gasteiger partial charge is 0.116 e. The van der Waals surface area contributed by atoms with Crippen molar-refractivity contribution < 1.29 is 5.11 Å². The first-order valence-electron chi connectivity index (χ1n) is 7.72. The Morgan fingerprint density at radius 1 is 0.708 bits per heavy atom. The van der Waals surface area contributed by atoms with Crippen molar-refractivity contribution in [3.63, 3.8) is 0 Å². The van der Waals surface area contributed by atoms with Gasteiger partial charge in [-0.3, -0.25) is 9.97 Å². The Labute approximate surface area is 141 Å². The molecule has 0 aliphatic carbocycles. The Morgan fingerprint density at radius 2 is 1.12 bits per heavy atom. The molecule has 3 aromatic rings. The van der Waals surface area contributed by atoms with E-state index < -0.39 is 0 Å². The molecule has 3 heteroatoms. The van der Waals surface area contributed by atoms with Crippen molar-refractivity contribution in [2.24, 2.45) is 0 Å². The number of nitrogens with zero attached hydrogens (tertiary/aromatic N) is 2. The van der Waals surface area contributed by atoms with Gasteiger partial charge in [-0.2, -0.15) is 0 Å². The molecule has 0 atom stereocenters. The Hall–Kier alpha value is -3.20. The summed E-state index contributed by atoms with van der Waals surface area (Å²) in [5.41, 5.74) is 5.23. The number of phenols is 1. The summed E-state index contributed by atoms with van der Waals surface area (Å²) in [6, 6.07) is 11.3. The van der Waals surface area contributed by atoms with Crippen LogP contribution in [0.3, 0.4) is 0 Å². The number of hydrogen-bond acceptors (Lipinski definition) is 3. The zero-order valence-corrected chi connectivity index (χ0v) is 13.4. The Kier molecular flexibility index (Phi) is 4.82. The average molecular weight is 314 g/mol. The standard InChI is InChI=1S/C21H18N2O/c1-16-19(4-2-17-6-10-22-11-7-17)14-21(24)15-20(16)5-3-18-8-12-23-13-9-18/h2-15,24H,1H3/b4-2+,5-3+. The van der Waals surface area contributed by atoms with Crippen LogP contribution in [-0.2, 0) is 0 Å². The average Bonchev–Trinajstić information content (AvgIpc) is 2.62. The minimum atomic E-state index is 0.254. The molecule has 3 rings (SSSR count). The van der Waals surface area contributed by atoms with Crippen LogP contribution in [0, 0.1) is 6.92 Å². The number of hydrogen-bond donors (Lipinski definition) is 1. The van der Waals surface area contributed by atoms with E-state index in [1.807, 2.05) is 48.6 Å². The molecule has 0 spiro atoms. The van der Waals surface area contributed by atoms with Gasteiger partial charge in [-0.05, 0) is 71.1 Å². The van der Waals surface area contributed by atoms with E-state index >= 15 is 0 Å². The molecule has 1 aromatic carbocycles. The SMILES string of the molecule is Cc1c(/C=C/c2ccncc2)cc(O)cc1/C=C/c1ccncc1. The van der Waals surface area contributed by atoms with E-state index in [1.54, 1.807) is 36.9 Å². The lowest BCUT2D eigenvalue weighted by molar-refractivity contribution is 0.475. The fourth-order valence-electron chi connectivity index (χ4n) is 2.41. The molecule has 0 unspecified atom stereocenters. The van der Waals surface area contributed by atoms with Crippen molar-refractivity contribution in [3.05, 3.63) is 89.0 Å². The molecule has 118 valence electrons. The number of aromatic hydroxyl groups is 1. The third-order valence-corrected chi connectivity index (χ3v) is 3.80. The Bertz CT molecular complexity index is 798. The maximum atomic E-state index is 10.0. The quantitative estimate of drug-likeness (QED) is 0.750. The van der Waals surface area contributed by atoms with Crippen LogP contribution in [0.2, 0.25) is 0 Å². The molecular formula is C21H18N2O. The van der Waals surface area contributed by atoms with Gasteiger partial charge in [0.2, 0.25) is 0 Å². The first kappa shape index (κ1) is 15.7. The van der Waals surface area contributed by atoms with Gasteiger partial charge in [0.25, 0.3) is 0 Å². The lowest BCUT2D eigenvalue weighted by atomic mass is 9.99. The third kappa shape index (κ3) is 3.96. The van der Waals surface area contributed by atoms with Crippen LogP contribution in [0.25, 0.3) is 24.3 Å². The third-order valence-electron chi connectivity index (χ3n) is 3.80. The monoisotopic (exact) mass is 314 g/mol. The minimum Gasteiger partial charge on any atom is -0.508 e. The number of benzene rings is 1. The zero-order valence-electron chi connectivity index (χ0n) is 13.4. The molecule has 0 aliphatic rings. The Balaban J connectivity index is 1.90. The van der Waals surface area contributed by atoms with Crippen LogP contribution in [0.15, 0.2) is 61.2 Å². The number of rotatable bonds is 4. The summed E-state index contributed by atoms with van der Waals surface area (Å²) in [5, 5.41) is 10.0. The maximum Gasteiger partial charge on any atom is 0.116 e. The first-order valence-corrected chi connectivity index (χ1v) is 7.72. The van der Waals surface area contributed by atoms with Gasteiger partial charge in [-0.1, -0.05) is 24.3 Å². The second kappa shape index (κ2) is 7.38. The molecule has 0 fully saturated rings. The summed E-state index contributed by atoms with van der Waals surface area (Å²) in [6.45, 7) is 2.05. The number of pyridine rings is 2. The molecule has 24 heavy (non-hydrogen) atoms. The van der Waals surface area contributed by atoms with Gasteiger partial charge in [0.15, 0.2) is 0 Å². The van der Waals surface area contributed by atoms with Crippen molar-refractivity contribution in [3.8, 4) is 5.75 Å². The van der Waals surface area contributed by atoms with Crippen LogP contribution < -0.4 is 0 Å². The van der Waals surface area contributed by atoms with Gasteiger partial charge in [0, 0.05) is 24.8 Å². The normalized spacial score (nSPS) is 11.4. The largest absolute Gasteiger partial charge is 0.508 e. The van der Waals surface area contributed by atoms with Crippen LogP contribution in [0.1, 0.15) is 27.8 Å². The molecule has 2 aromatic heterocycles. The predicted molar refractivity (Wildman–Crippen MR) is 99.2 cm³/mol. The van der Waals surface area contributed by atoms with E-state index in [-0.39, 0.29) is 5.75 Å². The molecule has 0 saturated heterocycles. The molecule has 0 bridgehead atoms. The van der Waals surface area contributed by atoms with Crippen molar-refractivity contribution in [1.82, 2.24) is 9.97 Å². The van der Waals surface area contributed by atoms with E-state index in [1.165, 1.54) is 0 Å². The lowest BCUT2D eigenvalue weighted by Gasteiger charge is -2.07. The highest BCUT2D eigenvalue weighted by molar-refractivity contribution is 5.77. The molecule has 3 nitrogen and oxygen atoms in total. The van der Waals surface area contributed by atoms with Crippen molar-refractivity contribution in [2.75, 3.05) is 0 Å². The summed E-state index contributed by atoms with van der Waals surface area (Å²) in [6.07, 6.45) is 15.1. The molecule has 0 aliphatic heterocycles. The predicted octanol–water partition coefficient (Wildman–Crippen LogP) is 4.83. The molecule has 2 heterocycles. The lowest BCUT2D eigenvalue weighted by Crippen LogP contribution is -1.86. The van der Waals surface area contributed by atoms with Gasteiger partial charge in [-0.15, -0.1) is 0 Å². The van der Waals surface area contributed by atoms with Crippen LogP contribution in [0.5, 0.6) is 5.75 Å². The van der Waals surface area contributed by atoms with Gasteiger partial charge >= 0.3 is 0 Å². The summed E-state index contributed by atoms with van der Waals surface area (Å²) >= 11 is 0. The second-order valence-electron chi connectivity index (χ2n) is 5.48. The highest BCUT2D eigenvalue weighted by atomic mass is 16.3. The number of aromatic nitrogens is 2. The first-order chi connectivity index (χ1) is 11.7. The van der Waals surface area contributed by atoms with Crippen molar-refractivity contribution >= 4 is 24.3 Å². The van der Waals surface area contributed by atoms with E-state index in [9.17, 15) is 5.11 Å². The molecule has 0 saturated carbocycles. The summed E-state index contributed by atoms with van der Waals surface area (Å²) in [5.74, 6) is 0.254. The highest BCUT2D eigenvalue weighted by Gasteiger charge is 2.03. The topological polar surface area (TPSA) is 46.0 Å². The van der Waals surface area contributed by atoms with E-state index in [0.717, 1.165) is 27.8 Å². The molecule has 1 N–H and O–H groups in total. The zero-order chi connectivity index (χ0) is 16.8. The number of phenolic OH excluding ortho intramolecular Hbond substituents is 1. The summed E-state index contributed by atoms with van der Waals surface area (Å²) < 4.78 is 0. The molecule has 0 radical (unpaired) electrons. The van der Waals surface area contributed by atoms with E-state index in [2.05, 4.69) is 16.9 Å². The van der Waals surface area contributed by atoms with E-state index in [4.69, 9.17) is 0 Å². The summed E-state index contributed by atoms with van der Waals surface area (Å²) in [7, 11) is 0.